The number of fused-ring (bicyclic) bond motifs is 3. The summed E-state index contributed by atoms with van der Waals surface area (Å²) in [4.78, 5) is 11.5. The molecule has 4 aromatic rings. The van der Waals surface area contributed by atoms with Gasteiger partial charge in [0.2, 0.25) is 11.7 Å². The van der Waals surface area contributed by atoms with Gasteiger partial charge in [-0.2, -0.15) is 4.52 Å². The van der Waals surface area contributed by atoms with Crippen LogP contribution in [0, 0.1) is 0 Å². The molecule has 7 nitrogen and oxygen atoms in total. The van der Waals surface area contributed by atoms with Crippen LogP contribution in [0.1, 0.15) is 10.6 Å². The molecule has 1 amide bonds. The number of ether oxygens (including phenoxy) is 1. The zero-order chi connectivity index (χ0) is 16.7. The van der Waals surface area contributed by atoms with E-state index in [0.717, 1.165) is 10.8 Å². The SMILES string of the molecule is NC(=O)c1nnc2c3ccccc3c(Oc3cccc(Cl)c3)nn12. The van der Waals surface area contributed by atoms with E-state index in [1.807, 2.05) is 24.3 Å². The standard InChI is InChI=1S/C16H10ClN5O2/c17-9-4-3-5-10(8-9)24-16-12-7-2-1-6-11(12)14-19-20-15(13(18)23)22(14)21-16/h1-8H,(H2,18,23). The lowest BCUT2D eigenvalue weighted by Gasteiger charge is -2.09. The molecule has 0 radical (unpaired) electrons. The third-order valence-corrected chi connectivity index (χ3v) is 3.70. The fourth-order valence-corrected chi connectivity index (χ4v) is 2.60. The molecular formula is C16H10ClN5O2. The van der Waals surface area contributed by atoms with Crippen molar-refractivity contribution in [1.82, 2.24) is 19.8 Å². The number of amides is 1. The van der Waals surface area contributed by atoms with Crippen LogP contribution in [-0.2, 0) is 0 Å². The largest absolute Gasteiger partial charge is 0.437 e. The first-order chi connectivity index (χ1) is 11.6. The summed E-state index contributed by atoms with van der Waals surface area (Å²) in [5.41, 5.74) is 5.76. The average Bonchev–Trinajstić information content (AvgIpc) is 2.99. The van der Waals surface area contributed by atoms with E-state index in [4.69, 9.17) is 22.1 Å². The second kappa shape index (κ2) is 5.47. The van der Waals surface area contributed by atoms with Crippen molar-refractivity contribution in [2.75, 3.05) is 0 Å². The zero-order valence-electron chi connectivity index (χ0n) is 12.2. The van der Waals surface area contributed by atoms with E-state index in [0.29, 0.717) is 22.3 Å². The molecule has 0 aliphatic rings. The molecule has 118 valence electrons. The smallest absolute Gasteiger partial charge is 0.288 e. The first-order valence-corrected chi connectivity index (χ1v) is 7.38. The maximum absolute atomic E-state index is 11.5. The van der Waals surface area contributed by atoms with Gasteiger partial charge >= 0.3 is 0 Å². The van der Waals surface area contributed by atoms with Crippen LogP contribution in [0.4, 0.5) is 0 Å². The molecule has 2 heterocycles. The summed E-state index contributed by atoms with van der Waals surface area (Å²) in [6.45, 7) is 0. The molecule has 0 spiro atoms. The van der Waals surface area contributed by atoms with E-state index in [2.05, 4.69) is 15.3 Å². The Balaban J connectivity index is 1.98. The average molecular weight is 340 g/mol. The first kappa shape index (κ1) is 14.4. The molecule has 2 aromatic carbocycles. The summed E-state index contributed by atoms with van der Waals surface area (Å²) >= 11 is 5.99. The van der Waals surface area contributed by atoms with Crippen molar-refractivity contribution in [1.29, 1.82) is 0 Å². The van der Waals surface area contributed by atoms with E-state index < -0.39 is 5.91 Å². The van der Waals surface area contributed by atoms with Gasteiger partial charge in [0.1, 0.15) is 5.75 Å². The van der Waals surface area contributed by atoms with Gasteiger partial charge in [-0.25, -0.2) is 0 Å². The Labute approximate surface area is 140 Å². The molecule has 0 atom stereocenters. The quantitative estimate of drug-likeness (QED) is 0.619. The van der Waals surface area contributed by atoms with E-state index in [9.17, 15) is 4.79 Å². The number of carbonyl (C=O) groups is 1. The van der Waals surface area contributed by atoms with Gasteiger partial charge in [-0.3, -0.25) is 4.79 Å². The Morgan fingerprint density at radius 3 is 2.62 bits per heavy atom. The monoisotopic (exact) mass is 339 g/mol. The van der Waals surface area contributed by atoms with E-state index in [1.165, 1.54) is 4.52 Å². The van der Waals surface area contributed by atoms with Gasteiger partial charge in [0.15, 0.2) is 5.65 Å². The van der Waals surface area contributed by atoms with E-state index in [1.54, 1.807) is 24.3 Å². The molecule has 2 N–H and O–H groups in total. The van der Waals surface area contributed by atoms with Crippen molar-refractivity contribution >= 4 is 33.9 Å². The second-order valence-corrected chi connectivity index (χ2v) is 5.47. The Morgan fingerprint density at radius 1 is 1.08 bits per heavy atom. The number of benzene rings is 2. The summed E-state index contributed by atoms with van der Waals surface area (Å²) in [7, 11) is 0. The summed E-state index contributed by atoms with van der Waals surface area (Å²) in [5, 5.41) is 14.2. The van der Waals surface area contributed by atoms with Gasteiger partial charge in [-0.1, -0.05) is 35.9 Å². The Bertz CT molecular complexity index is 1090. The van der Waals surface area contributed by atoms with Crippen LogP contribution in [0.25, 0.3) is 16.4 Å². The van der Waals surface area contributed by atoms with Crippen molar-refractivity contribution in [3.8, 4) is 11.6 Å². The maximum Gasteiger partial charge on any atom is 0.288 e. The van der Waals surface area contributed by atoms with Crippen LogP contribution in [-0.4, -0.2) is 25.7 Å². The highest BCUT2D eigenvalue weighted by Gasteiger charge is 2.18. The molecule has 0 aliphatic heterocycles. The van der Waals surface area contributed by atoms with Gasteiger partial charge in [0.05, 0.1) is 0 Å². The highest BCUT2D eigenvalue weighted by Crippen LogP contribution is 2.30. The summed E-state index contributed by atoms with van der Waals surface area (Å²) in [6, 6.07) is 14.3. The van der Waals surface area contributed by atoms with Crippen molar-refractivity contribution < 1.29 is 9.53 Å². The van der Waals surface area contributed by atoms with Gasteiger partial charge in [-0.05, 0) is 24.3 Å². The highest BCUT2D eigenvalue weighted by molar-refractivity contribution is 6.30. The van der Waals surface area contributed by atoms with Crippen molar-refractivity contribution in [3.63, 3.8) is 0 Å². The van der Waals surface area contributed by atoms with Gasteiger partial charge < -0.3 is 10.5 Å². The molecule has 0 saturated carbocycles. The maximum atomic E-state index is 11.5. The highest BCUT2D eigenvalue weighted by atomic mass is 35.5. The lowest BCUT2D eigenvalue weighted by molar-refractivity contribution is 0.0988. The number of nitrogens with zero attached hydrogens (tertiary/aromatic N) is 4. The minimum atomic E-state index is -0.723. The fraction of sp³-hybridized carbons (Fsp3) is 0. The van der Waals surface area contributed by atoms with Gasteiger partial charge in [0.25, 0.3) is 5.91 Å². The molecule has 4 rings (SSSR count). The molecule has 8 heteroatoms. The fourth-order valence-electron chi connectivity index (χ4n) is 2.42. The van der Waals surface area contributed by atoms with Crippen molar-refractivity contribution in [2.45, 2.75) is 0 Å². The number of hydrogen-bond acceptors (Lipinski definition) is 5. The summed E-state index contributed by atoms with van der Waals surface area (Å²) < 4.78 is 7.14. The predicted molar refractivity (Wildman–Crippen MR) is 88.3 cm³/mol. The first-order valence-electron chi connectivity index (χ1n) is 7.01. The number of halogens is 1. The van der Waals surface area contributed by atoms with E-state index >= 15 is 0 Å². The minimum Gasteiger partial charge on any atom is -0.437 e. The molecule has 0 unspecified atom stereocenters. The van der Waals surface area contributed by atoms with E-state index in [-0.39, 0.29) is 5.82 Å². The van der Waals surface area contributed by atoms with Crippen LogP contribution in [0.5, 0.6) is 11.6 Å². The van der Waals surface area contributed by atoms with Crippen LogP contribution in [0.3, 0.4) is 0 Å². The van der Waals surface area contributed by atoms with Gasteiger partial charge in [0, 0.05) is 15.8 Å². The number of aromatic nitrogens is 4. The zero-order valence-corrected chi connectivity index (χ0v) is 12.9. The summed E-state index contributed by atoms with van der Waals surface area (Å²) in [5.74, 6) is 0.0292. The Hall–Kier alpha value is -3.19. The topological polar surface area (TPSA) is 95.4 Å². The minimum absolute atomic E-state index is 0.0632. The van der Waals surface area contributed by atoms with Crippen LogP contribution < -0.4 is 10.5 Å². The molecular weight excluding hydrogens is 330 g/mol. The number of rotatable bonds is 3. The summed E-state index contributed by atoms with van der Waals surface area (Å²) in [6.07, 6.45) is 0. The number of carbonyl (C=O) groups excluding carboxylic acids is 1. The number of hydrogen-bond donors (Lipinski definition) is 1. The van der Waals surface area contributed by atoms with Crippen molar-refractivity contribution in [3.05, 3.63) is 59.4 Å². The predicted octanol–water partition coefficient (Wildman–Crippen LogP) is 2.82. The lowest BCUT2D eigenvalue weighted by Crippen LogP contribution is -2.16. The molecule has 0 saturated heterocycles. The number of primary amides is 1. The molecule has 0 bridgehead atoms. The molecule has 24 heavy (non-hydrogen) atoms. The molecule has 0 aliphatic carbocycles. The molecule has 0 fully saturated rings. The lowest BCUT2D eigenvalue weighted by atomic mass is 10.2. The normalized spacial score (nSPS) is 11.0. The van der Waals surface area contributed by atoms with Gasteiger partial charge in [-0.15, -0.1) is 15.3 Å². The Kier molecular flexibility index (Phi) is 3.28. The van der Waals surface area contributed by atoms with Crippen molar-refractivity contribution in [2.24, 2.45) is 5.73 Å². The second-order valence-electron chi connectivity index (χ2n) is 5.03. The van der Waals surface area contributed by atoms with Crippen LogP contribution >= 0.6 is 11.6 Å². The molecule has 2 aromatic heterocycles. The van der Waals surface area contributed by atoms with Crippen LogP contribution in [0.2, 0.25) is 5.02 Å². The third-order valence-electron chi connectivity index (χ3n) is 3.46. The third kappa shape index (κ3) is 2.31. The Morgan fingerprint density at radius 2 is 1.88 bits per heavy atom. The van der Waals surface area contributed by atoms with Crippen LogP contribution in [0.15, 0.2) is 48.5 Å². The number of nitrogens with two attached hydrogens (primary N) is 1.